The van der Waals surface area contributed by atoms with Gasteiger partial charge in [-0.2, -0.15) is 17.5 Å². The first-order valence-corrected chi connectivity index (χ1v) is 18.9. The molecule has 6 rings (SSSR count). The first-order chi connectivity index (χ1) is 22.9. The fourth-order valence-electron chi connectivity index (χ4n) is 7.96. The molecule has 0 radical (unpaired) electrons. The molecule has 2 heterocycles. The summed E-state index contributed by atoms with van der Waals surface area (Å²) in [5.74, 6) is -1.000. The number of rotatable bonds is 5. The van der Waals surface area contributed by atoms with E-state index in [2.05, 4.69) is 34.4 Å². The summed E-state index contributed by atoms with van der Waals surface area (Å²) < 4.78 is 69.1. The molecule has 0 saturated heterocycles. The number of benzene rings is 2. The summed E-state index contributed by atoms with van der Waals surface area (Å²) >= 11 is 0. The van der Waals surface area contributed by atoms with Crippen LogP contribution in [0.25, 0.3) is 0 Å². The second kappa shape index (κ2) is 14.0. The van der Waals surface area contributed by atoms with Crippen molar-refractivity contribution in [2.24, 2.45) is 16.2 Å². The lowest BCUT2D eigenvalue weighted by Crippen LogP contribution is -2.49. The van der Waals surface area contributed by atoms with Gasteiger partial charge in [0.2, 0.25) is 0 Å². The number of halogens is 3. The van der Waals surface area contributed by atoms with Gasteiger partial charge >= 0.3 is 6.18 Å². The van der Waals surface area contributed by atoms with Gasteiger partial charge in [-0.25, -0.2) is 4.21 Å². The van der Waals surface area contributed by atoms with E-state index in [9.17, 15) is 27.0 Å². The zero-order chi connectivity index (χ0) is 34.1. The summed E-state index contributed by atoms with van der Waals surface area (Å²) in [6.45, 7) is 4.06. The Labute approximate surface area is 281 Å². The first-order valence-electron chi connectivity index (χ1n) is 17.0. The van der Waals surface area contributed by atoms with E-state index in [0.29, 0.717) is 43.6 Å². The van der Waals surface area contributed by atoms with E-state index in [1.54, 1.807) is 25.3 Å². The summed E-state index contributed by atoms with van der Waals surface area (Å²) in [4.78, 5) is 28.6. The number of methoxy groups -OCH3 is 1. The molecule has 11 heteroatoms. The van der Waals surface area contributed by atoms with Crippen molar-refractivity contribution in [3.63, 3.8) is 0 Å². The molecule has 4 aliphatic rings. The Balaban J connectivity index is 1.39. The highest BCUT2D eigenvalue weighted by Crippen LogP contribution is 2.47. The molecular weight excluding hydrogens is 641 g/mol. The monoisotopic (exact) mass is 686 g/mol. The lowest BCUT2D eigenvalue weighted by molar-refractivity contribution is -0.142. The Morgan fingerprint density at radius 2 is 2.00 bits per heavy atom. The molecule has 1 saturated carbocycles. The minimum atomic E-state index is -4.51. The van der Waals surface area contributed by atoms with Crippen LogP contribution < -0.4 is 9.64 Å². The van der Waals surface area contributed by atoms with Gasteiger partial charge in [-0.3, -0.25) is 9.59 Å². The predicted molar refractivity (Wildman–Crippen MR) is 180 cm³/mol. The summed E-state index contributed by atoms with van der Waals surface area (Å²) in [7, 11) is -1.75. The van der Waals surface area contributed by atoms with E-state index in [1.807, 2.05) is 12.2 Å². The SMILES string of the molecule is CO[C@H]1/C=C/CCCS(=O)(CC(=O)CCC(F)(F)F)=NC(=O)c2ccc3c(c2)N(C[C@@H]2CC[C@H]21)C[C@@]1(CCCc2cc(C)ccc21)CO3. The quantitative estimate of drug-likeness (QED) is 0.306. The molecule has 0 aromatic heterocycles. The van der Waals surface area contributed by atoms with E-state index in [0.717, 1.165) is 44.3 Å². The number of aryl methyl sites for hydroxylation is 2. The maximum atomic E-state index is 14.0. The Morgan fingerprint density at radius 3 is 2.75 bits per heavy atom. The third kappa shape index (κ3) is 7.67. The van der Waals surface area contributed by atoms with Gasteiger partial charge in [-0.15, -0.1) is 0 Å². The molecule has 2 aromatic carbocycles. The first kappa shape index (κ1) is 34.7. The molecule has 7 nitrogen and oxygen atoms in total. The van der Waals surface area contributed by atoms with Crippen molar-refractivity contribution in [3.8, 4) is 5.75 Å². The number of ether oxygens (including phenoxy) is 2. The minimum Gasteiger partial charge on any atom is -0.490 e. The number of hydrogen-bond acceptors (Lipinski definition) is 6. The highest BCUT2D eigenvalue weighted by atomic mass is 32.2. The number of alkyl halides is 3. The molecule has 2 aliphatic carbocycles. The van der Waals surface area contributed by atoms with Gasteiger partial charge in [-0.05, 0) is 93.0 Å². The molecule has 48 heavy (non-hydrogen) atoms. The molecule has 2 bridgehead atoms. The van der Waals surface area contributed by atoms with Crippen molar-refractivity contribution in [1.82, 2.24) is 0 Å². The summed E-state index contributed by atoms with van der Waals surface area (Å²) in [6.07, 6.45) is 3.31. The fraction of sp³-hybridized carbons (Fsp3) is 0.568. The molecular formula is C37H45F3N2O5S. The largest absolute Gasteiger partial charge is 0.490 e. The van der Waals surface area contributed by atoms with E-state index < -0.39 is 46.2 Å². The average Bonchev–Trinajstić information content (AvgIpc) is 3.17. The van der Waals surface area contributed by atoms with Gasteiger partial charge in [0, 0.05) is 43.4 Å². The number of carbonyl (C=O) groups excluding carboxylic acids is 2. The molecule has 2 aromatic rings. The lowest BCUT2D eigenvalue weighted by Gasteiger charge is -2.46. The molecule has 5 atom stereocenters. The maximum absolute atomic E-state index is 14.0. The van der Waals surface area contributed by atoms with Crippen molar-refractivity contribution in [1.29, 1.82) is 0 Å². The number of hydrogen-bond donors (Lipinski definition) is 0. The van der Waals surface area contributed by atoms with Gasteiger partial charge in [0.05, 0.1) is 40.3 Å². The summed E-state index contributed by atoms with van der Waals surface area (Å²) in [6, 6.07) is 11.8. The van der Waals surface area contributed by atoms with Gasteiger partial charge in [0.25, 0.3) is 5.91 Å². The molecule has 1 amide bonds. The topological polar surface area (TPSA) is 85.3 Å². The van der Waals surface area contributed by atoms with Crippen molar-refractivity contribution < 1.29 is 36.4 Å². The Morgan fingerprint density at radius 1 is 1.17 bits per heavy atom. The smallest absolute Gasteiger partial charge is 0.389 e. The van der Waals surface area contributed by atoms with E-state index in [4.69, 9.17) is 9.47 Å². The number of anilines is 1. The number of amides is 1. The van der Waals surface area contributed by atoms with Crippen LogP contribution in [0.1, 0.15) is 78.4 Å². The third-order valence-corrected chi connectivity index (χ3v) is 12.8. The fourth-order valence-corrected chi connectivity index (χ4v) is 9.93. The summed E-state index contributed by atoms with van der Waals surface area (Å²) in [5.41, 5.74) is 4.62. The molecule has 0 N–H and O–H groups in total. The zero-order valence-corrected chi connectivity index (χ0v) is 28.5. The van der Waals surface area contributed by atoms with Crippen LogP contribution in [-0.2, 0) is 31.1 Å². The van der Waals surface area contributed by atoms with Crippen LogP contribution >= 0.6 is 0 Å². The number of Topliss-reactive ketones (excluding diaryl/α,β-unsaturated/α-hetero) is 1. The molecule has 1 spiro atoms. The normalized spacial score (nSPS) is 29.8. The highest BCUT2D eigenvalue weighted by molar-refractivity contribution is 7.94. The van der Waals surface area contributed by atoms with Crippen LogP contribution in [0.2, 0.25) is 0 Å². The number of carbonyl (C=O) groups is 2. The molecule has 1 fully saturated rings. The second-order valence-electron chi connectivity index (χ2n) is 14.1. The van der Waals surface area contributed by atoms with E-state index in [1.165, 1.54) is 16.7 Å². The molecule has 1 unspecified atom stereocenters. The van der Waals surface area contributed by atoms with Gasteiger partial charge in [0.1, 0.15) is 11.5 Å². The Hall–Kier alpha value is -3.18. The minimum absolute atomic E-state index is 0.0773. The summed E-state index contributed by atoms with van der Waals surface area (Å²) in [5, 5.41) is 0. The lowest BCUT2D eigenvalue weighted by atomic mass is 9.68. The van der Waals surface area contributed by atoms with Crippen molar-refractivity contribution in [2.75, 3.05) is 43.2 Å². The molecule has 2 aliphatic heterocycles. The zero-order valence-electron chi connectivity index (χ0n) is 27.7. The van der Waals surface area contributed by atoms with E-state index in [-0.39, 0.29) is 22.8 Å². The number of fused-ring (bicyclic) bond motifs is 4. The number of ketones is 1. The Kier molecular flexibility index (Phi) is 10.1. The van der Waals surface area contributed by atoms with Crippen molar-refractivity contribution in [2.45, 2.75) is 82.4 Å². The predicted octanol–water partition coefficient (Wildman–Crippen LogP) is 7.38. The highest BCUT2D eigenvalue weighted by Gasteiger charge is 2.44. The van der Waals surface area contributed by atoms with Crippen LogP contribution in [0.4, 0.5) is 18.9 Å². The van der Waals surface area contributed by atoms with Crippen molar-refractivity contribution >= 4 is 27.1 Å². The van der Waals surface area contributed by atoms with E-state index >= 15 is 0 Å². The molecule has 260 valence electrons. The second-order valence-corrected chi connectivity index (χ2v) is 16.5. The number of nitrogens with zero attached hydrogens (tertiary/aromatic N) is 2. The van der Waals surface area contributed by atoms with Gasteiger partial charge in [-0.1, -0.05) is 35.9 Å². The Bertz CT molecular complexity index is 1700. The van der Waals surface area contributed by atoms with Crippen LogP contribution in [-0.4, -0.2) is 66.5 Å². The maximum Gasteiger partial charge on any atom is 0.389 e. The van der Waals surface area contributed by atoms with Crippen LogP contribution in [0.15, 0.2) is 52.9 Å². The van der Waals surface area contributed by atoms with Crippen LogP contribution in [0.5, 0.6) is 5.75 Å². The third-order valence-electron chi connectivity index (χ3n) is 10.6. The van der Waals surface area contributed by atoms with Crippen LogP contribution in [0, 0.1) is 18.8 Å². The van der Waals surface area contributed by atoms with Gasteiger partial charge in [0.15, 0.2) is 0 Å². The number of allylic oxidation sites excluding steroid dienone is 1. The van der Waals surface area contributed by atoms with Gasteiger partial charge < -0.3 is 14.4 Å². The average molecular weight is 687 g/mol. The van der Waals surface area contributed by atoms with Crippen LogP contribution in [0.3, 0.4) is 0 Å². The van der Waals surface area contributed by atoms with Crippen molar-refractivity contribution in [3.05, 3.63) is 70.8 Å². The standard InChI is InChI=1S/C37H45F3N2O5S/c1-25-9-13-31-26(19-25)7-6-16-36(31)23-42-21-28-10-12-30(28)33(46-2)8-4-3-5-18-48(45,22-29(43)15-17-37(38,39)40)41-35(44)27-11-14-34(47-24-36)32(42)20-27/h4,8-9,11,13-14,19-20,28,30,33H,3,5-7,10,12,15-18,21-24H2,1-2H3/b8-4+/t28-,30+,33-,36-,48?/m0/s1.